The molecule has 0 radical (unpaired) electrons. The fourth-order valence-corrected chi connectivity index (χ4v) is 3.97. The Morgan fingerprint density at radius 1 is 1.19 bits per heavy atom. The first-order valence-electron chi connectivity index (χ1n) is 10.1. The molecular formula is C23H20FN3O5. The van der Waals surface area contributed by atoms with E-state index in [1.165, 1.54) is 19.1 Å². The lowest BCUT2D eigenvalue weighted by molar-refractivity contribution is -0.161. The molecule has 1 saturated heterocycles. The van der Waals surface area contributed by atoms with Crippen molar-refractivity contribution in [1.29, 1.82) is 0 Å². The van der Waals surface area contributed by atoms with Crippen molar-refractivity contribution in [1.82, 2.24) is 14.9 Å². The fourth-order valence-electron chi connectivity index (χ4n) is 3.97. The number of ether oxygens (including phenoxy) is 1. The van der Waals surface area contributed by atoms with E-state index in [2.05, 4.69) is 10.3 Å². The van der Waals surface area contributed by atoms with Crippen LogP contribution >= 0.6 is 0 Å². The van der Waals surface area contributed by atoms with Crippen LogP contribution in [0.4, 0.5) is 4.39 Å². The minimum absolute atomic E-state index is 0.00287. The molecule has 0 saturated carbocycles. The third-order valence-corrected chi connectivity index (χ3v) is 5.50. The SMILES string of the molecule is Cc1nc2ccc(F)cc2c(=O)n1C1(C(=O)OCc2ccccc2)CCCC(=O)NC1=O. The molecule has 164 valence electrons. The molecule has 2 heterocycles. The van der Waals surface area contributed by atoms with Crippen LogP contribution in [0.5, 0.6) is 0 Å². The number of carbonyl (C=O) groups excluding carboxylic acids is 3. The van der Waals surface area contributed by atoms with Crippen molar-refractivity contribution >= 4 is 28.7 Å². The molecule has 0 aliphatic carbocycles. The van der Waals surface area contributed by atoms with Crippen LogP contribution in [-0.4, -0.2) is 27.3 Å². The summed E-state index contributed by atoms with van der Waals surface area (Å²) in [6.07, 6.45) is 0.00934. The number of esters is 1. The molecule has 8 nitrogen and oxygen atoms in total. The summed E-state index contributed by atoms with van der Waals surface area (Å²) < 4.78 is 20.2. The predicted octanol–water partition coefficient (Wildman–Crippen LogP) is 2.11. The molecule has 0 bridgehead atoms. The van der Waals surface area contributed by atoms with E-state index < -0.39 is 34.7 Å². The van der Waals surface area contributed by atoms with Gasteiger partial charge in [-0.1, -0.05) is 30.3 Å². The van der Waals surface area contributed by atoms with Crippen LogP contribution in [0, 0.1) is 12.7 Å². The molecule has 1 atom stereocenters. The van der Waals surface area contributed by atoms with Crippen LogP contribution in [0.3, 0.4) is 0 Å². The highest BCUT2D eigenvalue weighted by Crippen LogP contribution is 2.29. The number of hydrogen-bond donors (Lipinski definition) is 1. The van der Waals surface area contributed by atoms with Crippen molar-refractivity contribution in [2.75, 3.05) is 0 Å². The van der Waals surface area contributed by atoms with Gasteiger partial charge in [-0.05, 0) is 43.5 Å². The van der Waals surface area contributed by atoms with Crippen LogP contribution in [-0.2, 0) is 31.3 Å². The lowest BCUT2D eigenvalue weighted by Gasteiger charge is -2.31. The van der Waals surface area contributed by atoms with Gasteiger partial charge in [-0.3, -0.25) is 24.3 Å². The number of nitrogens with one attached hydrogen (secondary N) is 1. The van der Waals surface area contributed by atoms with Gasteiger partial charge in [0.1, 0.15) is 18.2 Å². The number of aromatic nitrogens is 2. The average molecular weight is 437 g/mol. The predicted molar refractivity (Wildman–Crippen MR) is 112 cm³/mol. The minimum atomic E-state index is -2.16. The van der Waals surface area contributed by atoms with Crippen molar-refractivity contribution < 1.29 is 23.5 Å². The molecule has 1 unspecified atom stereocenters. The first-order chi connectivity index (χ1) is 15.3. The van der Waals surface area contributed by atoms with E-state index in [9.17, 15) is 23.6 Å². The second-order valence-corrected chi connectivity index (χ2v) is 7.61. The Balaban J connectivity index is 1.88. The number of hydrogen-bond acceptors (Lipinski definition) is 6. The molecule has 1 N–H and O–H groups in total. The molecule has 2 aromatic carbocycles. The Kier molecular flexibility index (Phi) is 5.56. The van der Waals surface area contributed by atoms with Crippen molar-refractivity contribution in [2.24, 2.45) is 0 Å². The fraction of sp³-hybridized carbons (Fsp3) is 0.261. The Bertz CT molecular complexity index is 1290. The van der Waals surface area contributed by atoms with Gasteiger partial charge in [0, 0.05) is 6.42 Å². The molecular weight excluding hydrogens is 417 g/mol. The lowest BCUT2D eigenvalue weighted by Crippen LogP contribution is -2.58. The number of carbonyl (C=O) groups is 3. The van der Waals surface area contributed by atoms with Crippen molar-refractivity contribution in [3.8, 4) is 0 Å². The van der Waals surface area contributed by atoms with Crippen molar-refractivity contribution in [2.45, 2.75) is 38.3 Å². The van der Waals surface area contributed by atoms with Crippen LogP contribution in [0.25, 0.3) is 10.9 Å². The number of imide groups is 1. The summed E-state index contributed by atoms with van der Waals surface area (Å²) in [7, 11) is 0. The molecule has 1 aliphatic heterocycles. The second kappa shape index (κ2) is 8.33. The van der Waals surface area contributed by atoms with E-state index in [0.29, 0.717) is 5.56 Å². The third-order valence-electron chi connectivity index (χ3n) is 5.50. The Morgan fingerprint density at radius 2 is 1.94 bits per heavy atom. The zero-order valence-corrected chi connectivity index (χ0v) is 17.3. The maximum Gasteiger partial charge on any atom is 0.342 e. The molecule has 4 rings (SSSR count). The molecule has 2 amide bonds. The van der Waals surface area contributed by atoms with Crippen LogP contribution < -0.4 is 10.9 Å². The maximum absolute atomic E-state index is 13.9. The smallest absolute Gasteiger partial charge is 0.342 e. The molecule has 0 spiro atoms. The average Bonchev–Trinajstić information content (AvgIpc) is 2.91. The van der Waals surface area contributed by atoms with Gasteiger partial charge in [0.25, 0.3) is 11.5 Å². The first-order valence-corrected chi connectivity index (χ1v) is 10.1. The van der Waals surface area contributed by atoms with Crippen LogP contribution in [0.1, 0.15) is 30.7 Å². The van der Waals surface area contributed by atoms with Crippen molar-refractivity contribution in [3.63, 3.8) is 0 Å². The van der Waals surface area contributed by atoms with Gasteiger partial charge in [-0.15, -0.1) is 0 Å². The maximum atomic E-state index is 13.9. The van der Waals surface area contributed by atoms with E-state index in [4.69, 9.17) is 4.74 Å². The standard InChI is InChI=1S/C23H20FN3O5/c1-14-25-18-10-9-16(24)12-17(18)20(29)27(14)23(11-5-8-19(28)26-21(23)30)22(31)32-13-15-6-3-2-4-7-15/h2-4,6-7,9-10,12H,5,8,11,13H2,1H3,(H,26,28,30). The second-order valence-electron chi connectivity index (χ2n) is 7.61. The van der Waals surface area contributed by atoms with E-state index in [-0.39, 0.29) is 42.6 Å². The van der Waals surface area contributed by atoms with Crippen LogP contribution in [0.15, 0.2) is 53.3 Å². The normalized spacial score (nSPS) is 18.8. The number of amides is 2. The van der Waals surface area contributed by atoms with Crippen molar-refractivity contribution in [3.05, 3.63) is 76.1 Å². The van der Waals surface area contributed by atoms with Gasteiger partial charge in [0.2, 0.25) is 11.4 Å². The monoisotopic (exact) mass is 437 g/mol. The quantitative estimate of drug-likeness (QED) is 0.381. The summed E-state index contributed by atoms with van der Waals surface area (Å²) in [5, 5.41) is 2.10. The summed E-state index contributed by atoms with van der Waals surface area (Å²) in [5.41, 5.74) is -2.02. The Labute approximate surface area is 182 Å². The Morgan fingerprint density at radius 3 is 2.69 bits per heavy atom. The topological polar surface area (TPSA) is 107 Å². The number of nitrogens with zero attached hydrogens (tertiary/aromatic N) is 2. The first kappa shape index (κ1) is 21.4. The summed E-state index contributed by atoms with van der Waals surface area (Å²) in [6, 6.07) is 12.4. The molecule has 3 aromatic rings. The van der Waals surface area contributed by atoms with E-state index >= 15 is 0 Å². The Hall–Kier alpha value is -3.88. The van der Waals surface area contributed by atoms with Crippen LogP contribution in [0.2, 0.25) is 0 Å². The zero-order chi connectivity index (χ0) is 22.9. The molecule has 1 fully saturated rings. The zero-order valence-electron chi connectivity index (χ0n) is 17.3. The molecule has 1 aromatic heterocycles. The van der Waals surface area contributed by atoms with Gasteiger partial charge in [0.15, 0.2) is 0 Å². The third kappa shape index (κ3) is 3.66. The number of rotatable bonds is 4. The van der Waals surface area contributed by atoms with Gasteiger partial charge in [-0.2, -0.15) is 0 Å². The van der Waals surface area contributed by atoms with E-state index in [1.54, 1.807) is 30.3 Å². The van der Waals surface area contributed by atoms with E-state index in [1.807, 2.05) is 0 Å². The largest absolute Gasteiger partial charge is 0.459 e. The van der Waals surface area contributed by atoms with Gasteiger partial charge >= 0.3 is 5.97 Å². The summed E-state index contributed by atoms with van der Waals surface area (Å²) in [4.78, 5) is 56.3. The minimum Gasteiger partial charge on any atom is -0.459 e. The summed E-state index contributed by atoms with van der Waals surface area (Å²) in [6.45, 7) is 1.34. The lowest BCUT2D eigenvalue weighted by atomic mass is 9.91. The molecule has 32 heavy (non-hydrogen) atoms. The highest BCUT2D eigenvalue weighted by Gasteiger charge is 2.52. The highest BCUT2D eigenvalue weighted by atomic mass is 19.1. The van der Waals surface area contributed by atoms with Gasteiger partial charge < -0.3 is 4.74 Å². The molecule has 1 aliphatic rings. The van der Waals surface area contributed by atoms with Gasteiger partial charge in [0.05, 0.1) is 10.9 Å². The molecule has 9 heteroatoms. The van der Waals surface area contributed by atoms with Gasteiger partial charge in [-0.25, -0.2) is 14.2 Å². The van der Waals surface area contributed by atoms with E-state index in [0.717, 1.165) is 10.6 Å². The summed E-state index contributed by atoms with van der Waals surface area (Å²) >= 11 is 0. The number of aryl methyl sites for hydroxylation is 1. The highest BCUT2D eigenvalue weighted by molar-refractivity contribution is 6.11. The number of benzene rings is 2. The number of halogens is 1. The number of fused-ring (bicyclic) bond motifs is 1. The summed E-state index contributed by atoms with van der Waals surface area (Å²) in [5.74, 6) is -3.11.